The Balaban J connectivity index is 1.60. The molecule has 1 fully saturated rings. The average molecular weight is 294 g/mol. The zero-order valence-electron chi connectivity index (χ0n) is 13.0. The van der Waals surface area contributed by atoms with Crippen molar-refractivity contribution >= 4 is 11.6 Å². The van der Waals surface area contributed by atoms with Crippen molar-refractivity contribution in [3.8, 4) is 0 Å². The van der Waals surface area contributed by atoms with E-state index >= 15 is 0 Å². The number of aryl methyl sites for hydroxylation is 1. The number of benzene rings is 2. The van der Waals surface area contributed by atoms with Crippen LogP contribution in [0.5, 0.6) is 0 Å². The summed E-state index contributed by atoms with van der Waals surface area (Å²) in [5, 5.41) is 3.40. The number of carbonyl (C=O) groups is 1. The normalized spacial score (nSPS) is 14.1. The molecule has 1 saturated heterocycles. The van der Waals surface area contributed by atoms with E-state index in [9.17, 15) is 4.79 Å². The Morgan fingerprint density at radius 2 is 1.82 bits per heavy atom. The van der Waals surface area contributed by atoms with E-state index in [0.29, 0.717) is 0 Å². The van der Waals surface area contributed by atoms with Crippen LogP contribution >= 0.6 is 0 Å². The third-order valence-electron chi connectivity index (χ3n) is 4.10. The third-order valence-corrected chi connectivity index (χ3v) is 4.10. The fourth-order valence-electron chi connectivity index (χ4n) is 2.86. The van der Waals surface area contributed by atoms with Gasteiger partial charge in [0.05, 0.1) is 0 Å². The van der Waals surface area contributed by atoms with Crippen LogP contribution < -0.4 is 5.32 Å². The first-order chi connectivity index (χ1) is 10.7. The lowest BCUT2D eigenvalue weighted by molar-refractivity contribution is 0.0793. The van der Waals surface area contributed by atoms with Crippen LogP contribution in [0.3, 0.4) is 0 Å². The second-order valence-corrected chi connectivity index (χ2v) is 5.92. The number of rotatable bonds is 4. The fraction of sp³-hybridized carbons (Fsp3) is 0.316. The van der Waals surface area contributed by atoms with Crippen LogP contribution in [0.2, 0.25) is 0 Å². The maximum atomic E-state index is 12.3. The van der Waals surface area contributed by atoms with E-state index in [2.05, 4.69) is 36.5 Å². The van der Waals surface area contributed by atoms with Crippen LogP contribution in [0.15, 0.2) is 48.5 Å². The highest BCUT2D eigenvalue weighted by molar-refractivity contribution is 5.94. The minimum Gasteiger partial charge on any atom is -0.381 e. The Morgan fingerprint density at radius 1 is 1.09 bits per heavy atom. The molecule has 0 atom stereocenters. The van der Waals surface area contributed by atoms with Gasteiger partial charge in [-0.1, -0.05) is 29.8 Å². The van der Waals surface area contributed by atoms with Gasteiger partial charge in [0, 0.05) is 30.9 Å². The lowest BCUT2D eigenvalue weighted by Crippen LogP contribution is -2.27. The Kier molecular flexibility index (Phi) is 4.42. The molecule has 1 heterocycles. The van der Waals surface area contributed by atoms with Gasteiger partial charge in [-0.15, -0.1) is 0 Å². The summed E-state index contributed by atoms with van der Waals surface area (Å²) >= 11 is 0. The summed E-state index contributed by atoms with van der Waals surface area (Å²) in [5.41, 5.74) is 4.35. The van der Waals surface area contributed by atoms with Crippen LogP contribution in [-0.2, 0) is 6.54 Å². The molecule has 0 spiro atoms. The predicted octanol–water partition coefficient (Wildman–Crippen LogP) is 3.84. The molecule has 1 aliphatic heterocycles. The largest absolute Gasteiger partial charge is 0.381 e. The van der Waals surface area contributed by atoms with E-state index in [1.807, 2.05) is 29.2 Å². The van der Waals surface area contributed by atoms with Gasteiger partial charge in [0.2, 0.25) is 0 Å². The Labute approximate surface area is 132 Å². The lowest BCUT2D eigenvalue weighted by atomic mass is 10.1. The molecule has 114 valence electrons. The molecule has 1 N–H and O–H groups in total. The molecule has 3 nitrogen and oxygen atoms in total. The number of nitrogens with zero attached hydrogens (tertiary/aromatic N) is 1. The first-order valence-electron chi connectivity index (χ1n) is 7.91. The van der Waals surface area contributed by atoms with E-state index in [4.69, 9.17) is 0 Å². The number of amides is 1. The van der Waals surface area contributed by atoms with Gasteiger partial charge in [0.15, 0.2) is 0 Å². The number of likely N-dealkylation sites (tertiary alicyclic amines) is 1. The highest BCUT2D eigenvalue weighted by Gasteiger charge is 2.18. The summed E-state index contributed by atoms with van der Waals surface area (Å²) in [7, 11) is 0. The summed E-state index contributed by atoms with van der Waals surface area (Å²) in [6.07, 6.45) is 2.25. The molecule has 2 aromatic carbocycles. The molecule has 0 aliphatic carbocycles. The van der Waals surface area contributed by atoms with Gasteiger partial charge >= 0.3 is 0 Å². The standard InChI is InChI=1S/C19H22N2O/c1-15-5-4-6-16(13-15)14-20-18-9-7-17(8-10-18)19(22)21-11-2-3-12-21/h4-10,13,20H,2-3,11-12,14H2,1H3. The molecule has 2 aromatic rings. The van der Waals surface area contributed by atoms with Crippen LogP contribution in [0.25, 0.3) is 0 Å². The molecular weight excluding hydrogens is 272 g/mol. The number of hydrogen-bond acceptors (Lipinski definition) is 2. The van der Waals surface area contributed by atoms with Gasteiger partial charge in [0.25, 0.3) is 5.91 Å². The number of carbonyl (C=O) groups excluding carboxylic acids is 1. The van der Waals surface area contributed by atoms with E-state index in [0.717, 1.165) is 43.7 Å². The van der Waals surface area contributed by atoms with Crippen molar-refractivity contribution in [2.45, 2.75) is 26.3 Å². The SMILES string of the molecule is Cc1cccc(CNc2ccc(C(=O)N3CCCC3)cc2)c1. The van der Waals surface area contributed by atoms with Crippen molar-refractivity contribution in [1.29, 1.82) is 0 Å². The van der Waals surface area contributed by atoms with E-state index < -0.39 is 0 Å². The van der Waals surface area contributed by atoms with Crippen LogP contribution in [0, 0.1) is 6.92 Å². The zero-order chi connectivity index (χ0) is 15.4. The first kappa shape index (κ1) is 14.6. The smallest absolute Gasteiger partial charge is 0.253 e. The Bertz CT molecular complexity index is 643. The van der Waals surface area contributed by atoms with Gasteiger partial charge in [-0.2, -0.15) is 0 Å². The maximum Gasteiger partial charge on any atom is 0.253 e. The third kappa shape index (κ3) is 3.48. The quantitative estimate of drug-likeness (QED) is 0.929. The summed E-state index contributed by atoms with van der Waals surface area (Å²) in [5.74, 6) is 0.155. The molecule has 3 heteroatoms. The second-order valence-electron chi connectivity index (χ2n) is 5.92. The highest BCUT2D eigenvalue weighted by atomic mass is 16.2. The molecule has 0 radical (unpaired) electrons. The molecule has 22 heavy (non-hydrogen) atoms. The molecule has 0 bridgehead atoms. The van der Waals surface area contributed by atoms with Gasteiger partial charge < -0.3 is 10.2 Å². The van der Waals surface area contributed by atoms with Gasteiger partial charge in [-0.05, 0) is 49.6 Å². The fourth-order valence-corrected chi connectivity index (χ4v) is 2.86. The van der Waals surface area contributed by atoms with Crippen molar-refractivity contribution in [3.63, 3.8) is 0 Å². The molecule has 0 unspecified atom stereocenters. The van der Waals surface area contributed by atoms with Gasteiger partial charge in [-0.3, -0.25) is 4.79 Å². The van der Waals surface area contributed by atoms with Crippen LogP contribution in [0.1, 0.15) is 34.3 Å². The van der Waals surface area contributed by atoms with Crippen molar-refractivity contribution in [1.82, 2.24) is 4.90 Å². The Hall–Kier alpha value is -2.29. The average Bonchev–Trinajstić information content (AvgIpc) is 3.07. The predicted molar refractivity (Wildman–Crippen MR) is 90.1 cm³/mol. The molecule has 3 rings (SSSR count). The second kappa shape index (κ2) is 6.65. The van der Waals surface area contributed by atoms with Gasteiger partial charge in [-0.25, -0.2) is 0 Å². The molecular formula is C19H22N2O. The summed E-state index contributed by atoms with van der Waals surface area (Å²) in [6.45, 7) is 4.68. The summed E-state index contributed by atoms with van der Waals surface area (Å²) in [4.78, 5) is 14.2. The summed E-state index contributed by atoms with van der Waals surface area (Å²) < 4.78 is 0. The lowest BCUT2D eigenvalue weighted by Gasteiger charge is -2.15. The van der Waals surface area contributed by atoms with E-state index in [1.54, 1.807) is 0 Å². The summed E-state index contributed by atoms with van der Waals surface area (Å²) in [6, 6.07) is 16.3. The number of nitrogens with one attached hydrogen (secondary N) is 1. The molecule has 1 amide bonds. The molecule has 1 aliphatic rings. The maximum absolute atomic E-state index is 12.3. The van der Waals surface area contributed by atoms with E-state index in [-0.39, 0.29) is 5.91 Å². The highest BCUT2D eigenvalue weighted by Crippen LogP contribution is 2.16. The topological polar surface area (TPSA) is 32.3 Å². The number of anilines is 1. The van der Waals surface area contributed by atoms with Gasteiger partial charge in [0.1, 0.15) is 0 Å². The van der Waals surface area contributed by atoms with Crippen molar-refractivity contribution < 1.29 is 4.79 Å². The van der Waals surface area contributed by atoms with E-state index in [1.165, 1.54) is 11.1 Å². The van der Waals surface area contributed by atoms with Crippen molar-refractivity contribution in [2.75, 3.05) is 18.4 Å². The van der Waals surface area contributed by atoms with Crippen molar-refractivity contribution in [3.05, 3.63) is 65.2 Å². The monoisotopic (exact) mass is 294 g/mol. The molecule has 0 aromatic heterocycles. The van der Waals surface area contributed by atoms with Crippen molar-refractivity contribution in [2.24, 2.45) is 0 Å². The van der Waals surface area contributed by atoms with Crippen LogP contribution in [-0.4, -0.2) is 23.9 Å². The molecule has 0 saturated carbocycles. The zero-order valence-corrected chi connectivity index (χ0v) is 13.0. The Morgan fingerprint density at radius 3 is 2.50 bits per heavy atom. The first-order valence-corrected chi connectivity index (χ1v) is 7.91. The minimum absolute atomic E-state index is 0.155. The van der Waals surface area contributed by atoms with Crippen LogP contribution in [0.4, 0.5) is 5.69 Å². The minimum atomic E-state index is 0.155. The number of hydrogen-bond donors (Lipinski definition) is 1.